The lowest BCUT2D eigenvalue weighted by atomic mass is 9.80. The van der Waals surface area contributed by atoms with E-state index in [1.165, 1.54) is 0 Å². The molecular formula is C51H34O. The van der Waals surface area contributed by atoms with E-state index in [9.17, 15) is 17.8 Å². The van der Waals surface area contributed by atoms with Crippen LogP contribution in [0.4, 0.5) is 0 Å². The normalized spacial score (nSPS) is 23.8. The van der Waals surface area contributed by atoms with Crippen LogP contribution in [0.2, 0.25) is 0 Å². The van der Waals surface area contributed by atoms with Crippen LogP contribution in [-0.2, 0) is 5.41 Å². The van der Waals surface area contributed by atoms with Crippen LogP contribution in [0, 0.1) is 0 Å². The molecule has 52 heavy (non-hydrogen) atoms. The van der Waals surface area contributed by atoms with E-state index in [4.69, 9.17) is 29.1 Å². The molecule has 0 saturated heterocycles. The lowest BCUT2D eigenvalue weighted by Gasteiger charge is -2.23. The number of hydrogen-bond donors (Lipinski definition) is 0. The van der Waals surface area contributed by atoms with E-state index >= 15 is 0 Å². The van der Waals surface area contributed by atoms with E-state index in [-0.39, 0.29) is 0 Å². The summed E-state index contributed by atoms with van der Waals surface area (Å²) in [5.41, 5.74) is -11.7. The van der Waals surface area contributed by atoms with Gasteiger partial charge in [0.15, 0.2) is 0 Å². The van der Waals surface area contributed by atoms with Crippen molar-refractivity contribution < 1.29 is 46.9 Å². The Morgan fingerprint density at radius 3 is 1.62 bits per heavy atom. The van der Waals surface area contributed by atoms with E-state index in [0.717, 1.165) is 6.92 Å². The van der Waals surface area contributed by atoms with Crippen LogP contribution < -0.4 is 0 Å². The third-order valence-electron chi connectivity index (χ3n) is 9.20. The predicted octanol–water partition coefficient (Wildman–Crippen LogP) is 14.4. The number of furan rings is 1. The van der Waals surface area contributed by atoms with E-state index in [1.54, 1.807) is 0 Å². The first kappa shape index (κ1) is 12.1. The molecule has 1 atom stereocenters. The van der Waals surface area contributed by atoms with Crippen molar-refractivity contribution in [2.75, 3.05) is 0 Å². The molecule has 10 aromatic rings. The summed E-state index contributed by atoms with van der Waals surface area (Å²) in [6, 6.07) is -26.6. The highest BCUT2D eigenvalue weighted by molar-refractivity contribution is 6.23. The van der Waals surface area contributed by atoms with E-state index < -0.39 is 291 Å². The smallest absolute Gasteiger partial charge is 0.136 e. The van der Waals surface area contributed by atoms with Crippen LogP contribution in [0.25, 0.3) is 98.8 Å². The third kappa shape index (κ3) is 4.11. The molecule has 0 N–H and O–H groups in total. The average molecular weight is 694 g/mol. The SMILES string of the molecule is [2H]c1c([2H])c([2H])c(-c2c([2H])c([2H])c3c(c2[2H])C(C)(C([2H])([2H])[2H])c2c([2H])c(-c4c5c([2H])c([2H])c([2H])c([2H])c5c(-c5c([2H])c([2H])c6oc7c([2H])c([2H])c8c([2H])c([2H])c([2H])c([2H])c8c7c6c5[2H])c5c([2H])c([2H])c([2H])c([2H])c45)c([2H])c([2H])c2-3)c([2H])c1[2H]. The first-order valence-corrected chi connectivity index (χ1v) is 15.7. The van der Waals surface area contributed by atoms with Gasteiger partial charge in [-0.05, 0) is 118 Å². The monoisotopic (exact) mass is 693 g/mol. The molecule has 1 unspecified atom stereocenters. The predicted molar refractivity (Wildman–Crippen MR) is 220 cm³/mol. The molecule has 1 aliphatic carbocycles. The fourth-order valence-electron chi connectivity index (χ4n) is 6.89. The second-order valence-electron chi connectivity index (χ2n) is 12.1. The maximum Gasteiger partial charge on any atom is 0.136 e. The van der Waals surface area contributed by atoms with Gasteiger partial charge >= 0.3 is 0 Å². The highest BCUT2D eigenvalue weighted by Crippen LogP contribution is 2.52. The molecule has 0 saturated carbocycles. The second-order valence-corrected chi connectivity index (χ2v) is 12.1. The van der Waals surface area contributed by atoms with Gasteiger partial charge in [0.1, 0.15) is 11.2 Å². The average Bonchev–Trinajstić information content (AvgIpc) is 1.69. The molecule has 1 nitrogen and oxygen atoms in total. The van der Waals surface area contributed by atoms with E-state index in [0.29, 0.717) is 0 Å². The van der Waals surface area contributed by atoms with Crippen molar-refractivity contribution in [1.82, 2.24) is 0 Å². The van der Waals surface area contributed by atoms with Gasteiger partial charge < -0.3 is 4.42 Å². The number of fused-ring (bicyclic) bond motifs is 10. The lowest BCUT2D eigenvalue weighted by molar-refractivity contribution is 0.661. The molecule has 1 aliphatic rings. The number of hydrogen-bond acceptors (Lipinski definition) is 1. The van der Waals surface area contributed by atoms with Gasteiger partial charge in [-0.3, -0.25) is 0 Å². The van der Waals surface area contributed by atoms with Crippen molar-refractivity contribution in [1.29, 1.82) is 0 Å². The fraction of sp³-hybridized carbons (Fsp3) is 0.0588. The summed E-state index contributed by atoms with van der Waals surface area (Å²) in [6.45, 7) is -2.51. The highest BCUT2D eigenvalue weighted by atomic mass is 16.3. The summed E-state index contributed by atoms with van der Waals surface area (Å²) in [5, 5.41) is -5.16. The summed E-state index contributed by atoms with van der Waals surface area (Å²) in [5.74, 6) is 0. The zero-order chi connectivity index (χ0) is 61.4. The Balaban J connectivity index is 1.38. The summed E-state index contributed by atoms with van der Waals surface area (Å²) in [7, 11) is 0. The Kier molecular flexibility index (Phi) is 2.50. The van der Waals surface area contributed by atoms with Gasteiger partial charge in [0.05, 0.1) is 38.4 Å². The van der Waals surface area contributed by atoms with Gasteiger partial charge in [-0.1, -0.05) is 153 Å². The van der Waals surface area contributed by atoms with Gasteiger partial charge in [0.25, 0.3) is 0 Å². The van der Waals surface area contributed by atoms with Gasteiger partial charge in [0.2, 0.25) is 0 Å². The van der Waals surface area contributed by atoms with Crippen molar-refractivity contribution in [3.05, 3.63) is 180 Å². The molecule has 0 aliphatic heterocycles. The molecule has 1 aromatic heterocycles. The van der Waals surface area contributed by atoms with Crippen molar-refractivity contribution in [2.24, 2.45) is 0 Å². The van der Waals surface area contributed by atoms with E-state index in [1.807, 2.05) is 0 Å². The maximum atomic E-state index is 10.2. The third-order valence-corrected chi connectivity index (χ3v) is 9.20. The summed E-state index contributed by atoms with van der Waals surface area (Å²) >= 11 is 0. The van der Waals surface area contributed by atoms with Gasteiger partial charge in [-0.25, -0.2) is 0 Å². The van der Waals surface area contributed by atoms with Crippen LogP contribution in [0.1, 0.15) is 67.4 Å². The summed E-state index contributed by atoms with van der Waals surface area (Å²) in [6.07, 6.45) is 0. The van der Waals surface area contributed by atoms with Crippen molar-refractivity contribution in [3.8, 4) is 44.5 Å². The van der Waals surface area contributed by atoms with Gasteiger partial charge in [-0.15, -0.1) is 0 Å². The Bertz CT molecular complexity index is 4710. The first-order chi connectivity index (χ1) is 38.5. The molecule has 0 spiro atoms. The molecule has 9 aromatic carbocycles. The van der Waals surface area contributed by atoms with Crippen LogP contribution in [-0.4, -0.2) is 0 Å². The zero-order valence-electron chi connectivity index (χ0n) is 57.4. The molecule has 0 radical (unpaired) electrons. The minimum absolute atomic E-state index is 0.432. The molecular weight excluding hydrogens is 629 g/mol. The second kappa shape index (κ2) is 10.8. The quantitative estimate of drug-likeness (QED) is 0.168. The van der Waals surface area contributed by atoms with Crippen molar-refractivity contribution >= 4 is 54.3 Å². The maximum absolute atomic E-state index is 10.2. The van der Waals surface area contributed by atoms with Crippen LogP contribution in [0.15, 0.2) is 174 Å². The Morgan fingerprint density at radius 2 is 0.962 bits per heavy atom. The minimum Gasteiger partial charge on any atom is -0.456 e. The zero-order valence-corrected chi connectivity index (χ0v) is 26.4. The summed E-state index contributed by atoms with van der Waals surface area (Å²) in [4.78, 5) is 0. The first-order valence-electron chi connectivity index (χ1n) is 31.2. The number of benzene rings is 9. The van der Waals surface area contributed by atoms with Crippen LogP contribution >= 0.6 is 0 Å². The highest BCUT2D eigenvalue weighted by Gasteiger charge is 2.36. The summed E-state index contributed by atoms with van der Waals surface area (Å²) < 4.78 is 289. The Morgan fingerprint density at radius 1 is 0.442 bits per heavy atom. The Labute approximate surface area is 346 Å². The largest absolute Gasteiger partial charge is 0.456 e. The molecule has 0 amide bonds. The standard InChI is InChI=1S/C51H34O/c1-51(2)44-29-33(31-12-4-3-5-13-31)20-24-37(44)38-25-21-35(30-45(38)51)49-41-18-10-8-16-39(41)48(40-17-9-11-19-42(40)49)34-23-26-46-43(28-34)50-36-15-7-6-14-32(36)22-27-47(50)52-46/h3-30H,1-2H3/i1D3,3D,4D,5D,6D,7D,8D,9D,10D,11D,12D,13D,14D,15D,16D,17D,18D,19D,20D,21D,22D,23D,24D,25D,26D,27D,28D,29D,30D. The molecule has 1 heteroatoms. The number of rotatable bonds is 3. The fourth-order valence-corrected chi connectivity index (χ4v) is 6.89. The van der Waals surface area contributed by atoms with E-state index in [2.05, 4.69) is 0 Å². The Hall–Kier alpha value is -6.44. The molecule has 0 bridgehead atoms. The molecule has 244 valence electrons. The molecule has 1 heterocycles. The van der Waals surface area contributed by atoms with Gasteiger partial charge in [-0.2, -0.15) is 0 Å². The van der Waals surface area contributed by atoms with Crippen LogP contribution in [0.3, 0.4) is 0 Å². The minimum atomic E-state index is -3.48. The molecule has 0 fully saturated rings. The topological polar surface area (TPSA) is 13.1 Å². The van der Waals surface area contributed by atoms with Crippen molar-refractivity contribution in [3.63, 3.8) is 0 Å². The van der Waals surface area contributed by atoms with Gasteiger partial charge in [0, 0.05) is 20.3 Å². The lowest BCUT2D eigenvalue weighted by Crippen LogP contribution is -2.15. The van der Waals surface area contributed by atoms with Crippen LogP contribution in [0.5, 0.6) is 0 Å². The molecule has 11 rings (SSSR count). The van der Waals surface area contributed by atoms with Crippen molar-refractivity contribution in [2.45, 2.75) is 19.2 Å².